The average Bonchev–Trinajstić information content (AvgIpc) is 2.30. The minimum absolute atomic E-state index is 0.0331. The van der Waals surface area contributed by atoms with Crippen molar-refractivity contribution in [1.82, 2.24) is 0 Å². The molecule has 0 aromatic heterocycles. The number of hydrogen-bond acceptors (Lipinski definition) is 2. The summed E-state index contributed by atoms with van der Waals surface area (Å²) in [5.41, 5.74) is 1.29. The van der Waals surface area contributed by atoms with Crippen molar-refractivity contribution in [2.75, 3.05) is 24.7 Å². The van der Waals surface area contributed by atoms with Crippen molar-refractivity contribution in [3.63, 3.8) is 0 Å². The molecule has 0 unspecified atom stereocenters. The van der Waals surface area contributed by atoms with Gasteiger partial charge in [-0.05, 0) is 23.6 Å². The lowest BCUT2D eigenvalue weighted by atomic mass is 10.0. The Morgan fingerprint density at radius 3 is 2.76 bits per heavy atom. The molecule has 1 saturated heterocycles. The highest BCUT2D eigenvalue weighted by molar-refractivity contribution is 5.94. The van der Waals surface area contributed by atoms with Gasteiger partial charge >= 0.3 is 0 Å². The molecule has 4 heteroatoms. The lowest BCUT2D eigenvalue weighted by molar-refractivity contribution is -0.125. The van der Waals surface area contributed by atoms with E-state index in [2.05, 4.69) is 0 Å². The molecule has 1 aromatic rings. The first-order chi connectivity index (χ1) is 8.09. The third kappa shape index (κ3) is 2.47. The fourth-order valence-electron chi connectivity index (χ4n) is 1.87. The number of halogens is 1. The molecule has 1 fully saturated rings. The number of nitrogens with zero attached hydrogens (tertiary/aromatic N) is 1. The largest absolute Gasteiger partial charge is 0.370 e. The maximum atomic E-state index is 13.9. The highest BCUT2D eigenvalue weighted by Gasteiger charge is 2.22. The molecule has 1 amide bonds. The first kappa shape index (κ1) is 12.0. The zero-order valence-corrected chi connectivity index (χ0v) is 10.1. The number of rotatable bonds is 2. The zero-order valence-electron chi connectivity index (χ0n) is 10.1. The van der Waals surface area contributed by atoms with Crippen LogP contribution in [0.2, 0.25) is 0 Å². The topological polar surface area (TPSA) is 29.5 Å². The van der Waals surface area contributed by atoms with E-state index in [-0.39, 0.29) is 24.2 Å². The van der Waals surface area contributed by atoms with Crippen molar-refractivity contribution in [3.05, 3.63) is 29.6 Å². The standard InChI is InChI=1S/C13H16FNO2/c1-9(2)10-3-4-12(11(14)7-10)15-5-6-17-8-13(15)16/h3-4,7,9H,5-6,8H2,1-2H3. The highest BCUT2D eigenvalue weighted by atomic mass is 19.1. The molecule has 0 bridgehead atoms. The van der Waals surface area contributed by atoms with Crippen molar-refractivity contribution < 1.29 is 13.9 Å². The van der Waals surface area contributed by atoms with Crippen LogP contribution in [-0.2, 0) is 9.53 Å². The van der Waals surface area contributed by atoms with Crippen molar-refractivity contribution in [2.24, 2.45) is 0 Å². The lowest BCUT2D eigenvalue weighted by Gasteiger charge is -2.27. The molecular weight excluding hydrogens is 221 g/mol. The predicted octanol–water partition coefficient (Wildman–Crippen LogP) is 2.31. The van der Waals surface area contributed by atoms with Crippen LogP contribution < -0.4 is 4.90 Å². The molecule has 3 nitrogen and oxygen atoms in total. The van der Waals surface area contributed by atoms with Crippen molar-refractivity contribution in [1.29, 1.82) is 0 Å². The summed E-state index contributed by atoms with van der Waals surface area (Å²) in [6.45, 7) is 4.92. The van der Waals surface area contributed by atoms with E-state index in [9.17, 15) is 9.18 Å². The molecule has 92 valence electrons. The van der Waals surface area contributed by atoms with Crippen LogP contribution >= 0.6 is 0 Å². The Bertz CT molecular complexity index is 431. The van der Waals surface area contributed by atoms with Crippen LogP contribution in [0.3, 0.4) is 0 Å². The SMILES string of the molecule is CC(C)c1ccc(N2CCOCC2=O)c(F)c1. The third-order valence-corrected chi connectivity index (χ3v) is 2.92. The second-order valence-corrected chi connectivity index (χ2v) is 4.46. The first-order valence-electron chi connectivity index (χ1n) is 5.77. The number of hydrogen-bond donors (Lipinski definition) is 0. The van der Waals surface area contributed by atoms with Gasteiger partial charge in [0.15, 0.2) is 0 Å². The van der Waals surface area contributed by atoms with Crippen LogP contribution in [0.4, 0.5) is 10.1 Å². The lowest BCUT2D eigenvalue weighted by Crippen LogP contribution is -2.42. The van der Waals surface area contributed by atoms with Crippen LogP contribution in [0.1, 0.15) is 25.3 Å². The molecule has 1 aliphatic heterocycles. The van der Waals surface area contributed by atoms with Gasteiger partial charge in [-0.15, -0.1) is 0 Å². The van der Waals surface area contributed by atoms with E-state index in [1.165, 1.54) is 11.0 Å². The smallest absolute Gasteiger partial charge is 0.253 e. The second kappa shape index (κ2) is 4.84. The first-order valence-corrected chi connectivity index (χ1v) is 5.77. The van der Waals surface area contributed by atoms with Crippen LogP contribution in [-0.4, -0.2) is 25.7 Å². The molecular formula is C13H16FNO2. The summed E-state index contributed by atoms with van der Waals surface area (Å²) < 4.78 is 19.0. The molecule has 0 atom stereocenters. The van der Waals surface area contributed by atoms with Gasteiger partial charge in [0.25, 0.3) is 5.91 Å². The van der Waals surface area contributed by atoms with Crippen molar-refractivity contribution >= 4 is 11.6 Å². The summed E-state index contributed by atoms with van der Waals surface area (Å²) in [5, 5.41) is 0. The summed E-state index contributed by atoms with van der Waals surface area (Å²) in [6, 6.07) is 5.04. The summed E-state index contributed by atoms with van der Waals surface area (Å²) in [7, 11) is 0. The minimum atomic E-state index is -0.341. The molecule has 0 aliphatic carbocycles. The maximum Gasteiger partial charge on any atom is 0.253 e. The van der Waals surface area contributed by atoms with Gasteiger partial charge in [-0.1, -0.05) is 19.9 Å². The van der Waals surface area contributed by atoms with E-state index in [4.69, 9.17) is 4.74 Å². The fourth-order valence-corrected chi connectivity index (χ4v) is 1.87. The molecule has 1 aromatic carbocycles. The zero-order chi connectivity index (χ0) is 12.4. The molecule has 17 heavy (non-hydrogen) atoms. The summed E-state index contributed by atoms with van der Waals surface area (Å²) in [4.78, 5) is 13.0. The van der Waals surface area contributed by atoms with E-state index in [1.807, 2.05) is 19.9 Å². The van der Waals surface area contributed by atoms with Crippen molar-refractivity contribution in [2.45, 2.75) is 19.8 Å². The number of carbonyl (C=O) groups is 1. The quantitative estimate of drug-likeness (QED) is 0.790. The van der Waals surface area contributed by atoms with E-state index < -0.39 is 0 Å². The Morgan fingerprint density at radius 1 is 1.41 bits per heavy atom. The monoisotopic (exact) mass is 237 g/mol. The van der Waals surface area contributed by atoms with Gasteiger partial charge in [-0.3, -0.25) is 4.79 Å². The van der Waals surface area contributed by atoms with Crippen LogP contribution in [0, 0.1) is 5.82 Å². The van der Waals surface area contributed by atoms with Crippen molar-refractivity contribution in [3.8, 4) is 0 Å². The van der Waals surface area contributed by atoms with E-state index in [0.717, 1.165) is 5.56 Å². The molecule has 0 spiro atoms. The van der Waals surface area contributed by atoms with Crippen LogP contribution in [0.25, 0.3) is 0 Å². The fraction of sp³-hybridized carbons (Fsp3) is 0.462. The Morgan fingerprint density at radius 2 is 2.18 bits per heavy atom. The Hall–Kier alpha value is -1.42. The van der Waals surface area contributed by atoms with Gasteiger partial charge in [0, 0.05) is 6.54 Å². The Balaban J connectivity index is 2.29. The molecule has 0 N–H and O–H groups in total. The van der Waals surface area contributed by atoms with Gasteiger partial charge < -0.3 is 9.64 Å². The van der Waals surface area contributed by atoms with Gasteiger partial charge in [-0.25, -0.2) is 4.39 Å². The van der Waals surface area contributed by atoms with E-state index in [1.54, 1.807) is 6.07 Å². The summed E-state index contributed by atoms with van der Waals surface area (Å²) in [6.07, 6.45) is 0. The second-order valence-electron chi connectivity index (χ2n) is 4.46. The van der Waals surface area contributed by atoms with Crippen LogP contribution in [0.5, 0.6) is 0 Å². The molecule has 0 saturated carbocycles. The van der Waals surface area contributed by atoms with Crippen LogP contribution in [0.15, 0.2) is 18.2 Å². The number of carbonyl (C=O) groups excluding carboxylic acids is 1. The average molecular weight is 237 g/mol. The number of morpholine rings is 1. The molecule has 2 rings (SSSR count). The molecule has 1 heterocycles. The number of anilines is 1. The van der Waals surface area contributed by atoms with Gasteiger partial charge in [0.2, 0.25) is 0 Å². The Labute approximate surface area is 100 Å². The van der Waals surface area contributed by atoms with Gasteiger partial charge in [0.1, 0.15) is 12.4 Å². The third-order valence-electron chi connectivity index (χ3n) is 2.92. The minimum Gasteiger partial charge on any atom is -0.370 e. The summed E-state index contributed by atoms with van der Waals surface area (Å²) >= 11 is 0. The normalized spacial score (nSPS) is 16.7. The highest BCUT2D eigenvalue weighted by Crippen LogP contribution is 2.25. The Kier molecular flexibility index (Phi) is 3.43. The molecule has 1 aliphatic rings. The summed E-state index contributed by atoms with van der Waals surface area (Å²) in [5.74, 6) is -0.252. The number of ether oxygens (including phenoxy) is 1. The molecule has 0 radical (unpaired) electrons. The van der Waals surface area contributed by atoms with E-state index in [0.29, 0.717) is 18.8 Å². The predicted molar refractivity (Wildman–Crippen MR) is 63.7 cm³/mol. The number of amides is 1. The van der Waals surface area contributed by atoms with Gasteiger partial charge in [0.05, 0.1) is 12.3 Å². The van der Waals surface area contributed by atoms with E-state index >= 15 is 0 Å². The van der Waals surface area contributed by atoms with Gasteiger partial charge in [-0.2, -0.15) is 0 Å². The maximum absolute atomic E-state index is 13.9. The number of benzene rings is 1.